The first-order valence-corrected chi connectivity index (χ1v) is 10.5. The van der Waals surface area contributed by atoms with Gasteiger partial charge in [-0.2, -0.15) is 0 Å². The number of hydrogen-bond acceptors (Lipinski definition) is 7. The Morgan fingerprint density at radius 3 is 2.83 bits per heavy atom. The number of carbonyl (C=O) groups is 1. The van der Waals surface area contributed by atoms with Crippen LogP contribution >= 0.6 is 23.1 Å². The molecule has 0 aliphatic heterocycles. The van der Waals surface area contributed by atoms with Crippen LogP contribution in [0.1, 0.15) is 6.92 Å². The van der Waals surface area contributed by atoms with Crippen LogP contribution in [0.15, 0.2) is 51.5 Å². The highest BCUT2D eigenvalue weighted by Gasteiger charge is 2.21. The number of aromatic nitrogens is 4. The van der Waals surface area contributed by atoms with Crippen LogP contribution in [0.4, 0.5) is 13.9 Å². The van der Waals surface area contributed by atoms with E-state index in [2.05, 4.69) is 20.5 Å². The average molecular weight is 447 g/mol. The molecule has 0 bridgehead atoms. The SMILES string of the molecule is CC(Sc1nnc(-c2ccco2)n1C)C(=O)Nc1nc(-c2ccc(F)c(F)c2)cs1. The monoisotopic (exact) mass is 447 g/mol. The minimum Gasteiger partial charge on any atom is -0.461 e. The summed E-state index contributed by atoms with van der Waals surface area (Å²) < 4.78 is 33.6. The Morgan fingerprint density at radius 2 is 2.10 bits per heavy atom. The lowest BCUT2D eigenvalue weighted by molar-refractivity contribution is -0.115. The van der Waals surface area contributed by atoms with Gasteiger partial charge in [-0.1, -0.05) is 11.8 Å². The Morgan fingerprint density at radius 1 is 1.27 bits per heavy atom. The fraction of sp³-hybridized carbons (Fsp3) is 0.158. The first-order valence-electron chi connectivity index (χ1n) is 8.74. The fourth-order valence-electron chi connectivity index (χ4n) is 2.58. The van der Waals surface area contributed by atoms with Crippen LogP contribution in [0.3, 0.4) is 0 Å². The molecule has 30 heavy (non-hydrogen) atoms. The number of rotatable bonds is 6. The van der Waals surface area contributed by atoms with E-state index < -0.39 is 16.9 Å². The first-order chi connectivity index (χ1) is 14.4. The maximum atomic E-state index is 13.4. The average Bonchev–Trinajstić information content (AvgIpc) is 3.46. The number of halogens is 2. The number of anilines is 1. The van der Waals surface area contributed by atoms with Crippen molar-refractivity contribution in [3.8, 4) is 22.8 Å². The number of nitrogens with zero attached hydrogens (tertiary/aromatic N) is 4. The zero-order chi connectivity index (χ0) is 21.3. The molecule has 0 saturated heterocycles. The molecular formula is C19H15F2N5O2S2. The summed E-state index contributed by atoms with van der Waals surface area (Å²) in [7, 11) is 1.79. The molecule has 1 unspecified atom stereocenters. The van der Waals surface area contributed by atoms with Gasteiger partial charge < -0.3 is 14.3 Å². The molecule has 3 aromatic heterocycles. The summed E-state index contributed by atoms with van der Waals surface area (Å²) in [6, 6.07) is 7.08. The van der Waals surface area contributed by atoms with Crippen molar-refractivity contribution in [1.29, 1.82) is 0 Å². The molecule has 0 saturated carbocycles. The van der Waals surface area contributed by atoms with E-state index in [1.807, 2.05) is 0 Å². The normalized spacial score (nSPS) is 12.1. The number of thioether (sulfide) groups is 1. The second-order valence-corrected chi connectivity index (χ2v) is 8.42. The number of benzene rings is 1. The summed E-state index contributed by atoms with van der Waals surface area (Å²) in [4.78, 5) is 16.8. The quantitative estimate of drug-likeness (QED) is 0.435. The molecule has 0 aliphatic carbocycles. The maximum Gasteiger partial charge on any atom is 0.239 e. The predicted molar refractivity (Wildman–Crippen MR) is 110 cm³/mol. The number of nitrogens with one attached hydrogen (secondary N) is 1. The van der Waals surface area contributed by atoms with Gasteiger partial charge in [-0.15, -0.1) is 21.5 Å². The molecule has 0 spiro atoms. The highest BCUT2D eigenvalue weighted by atomic mass is 32.2. The number of hydrogen-bond donors (Lipinski definition) is 1. The Bertz CT molecular complexity index is 1190. The topological polar surface area (TPSA) is 85.8 Å². The minimum atomic E-state index is -0.950. The predicted octanol–water partition coefficient (Wildman–Crippen LogP) is 4.60. The lowest BCUT2D eigenvalue weighted by Crippen LogP contribution is -2.22. The van der Waals surface area contributed by atoms with E-state index in [0.717, 1.165) is 12.1 Å². The van der Waals surface area contributed by atoms with E-state index in [1.54, 1.807) is 42.3 Å². The van der Waals surface area contributed by atoms with Gasteiger partial charge in [0.2, 0.25) is 5.91 Å². The van der Waals surface area contributed by atoms with E-state index >= 15 is 0 Å². The van der Waals surface area contributed by atoms with Gasteiger partial charge in [-0.05, 0) is 37.3 Å². The molecule has 4 aromatic rings. The number of thiazole rings is 1. The molecule has 1 N–H and O–H groups in total. The third-order valence-corrected chi connectivity index (χ3v) is 6.07. The van der Waals surface area contributed by atoms with Crippen LogP contribution in [0, 0.1) is 11.6 Å². The summed E-state index contributed by atoms with van der Waals surface area (Å²) in [6.07, 6.45) is 1.55. The van der Waals surface area contributed by atoms with E-state index in [1.165, 1.54) is 29.2 Å². The molecule has 7 nitrogen and oxygen atoms in total. The number of furan rings is 1. The van der Waals surface area contributed by atoms with Gasteiger partial charge in [0, 0.05) is 18.0 Å². The van der Waals surface area contributed by atoms with Crippen LogP contribution in [0.25, 0.3) is 22.8 Å². The van der Waals surface area contributed by atoms with Crippen molar-refractivity contribution in [2.24, 2.45) is 7.05 Å². The Labute approximate surface area is 178 Å². The third kappa shape index (κ3) is 4.12. The molecule has 4 rings (SSSR count). The summed E-state index contributed by atoms with van der Waals surface area (Å²) in [5, 5.41) is 13.1. The van der Waals surface area contributed by atoms with Crippen LogP contribution in [0.2, 0.25) is 0 Å². The second-order valence-electron chi connectivity index (χ2n) is 6.26. The van der Waals surface area contributed by atoms with Gasteiger partial charge in [0.05, 0.1) is 17.2 Å². The third-order valence-electron chi connectivity index (χ3n) is 4.18. The molecule has 154 valence electrons. The van der Waals surface area contributed by atoms with Crippen molar-refractivity contribution < 1.29 is 18.0 Å². The highest BCUT2D eigenvalue weighted by Crippen LogP contribution is 2.29. The molecule has 1 aromatic carbocycles. The summed E-state index contributed by atoms with van der Waals surface area (Å²) in [5.41, 5.74) is 0.878. The summed E-state index contributed by atoms with van der Waals surface area (Å²) in [6.45, 7) is 1.74. The Hall–Kier alpha value is -3.05. The Kier molecular flexibility index (Phi) is 5.64. The molecule has 11 heteroatoms. The van der Waals surface area contributed by atoms with Gasteiger partial charge in [-0.3, -0.25) is 4.79 Å². The van der Waals surface area contributed by atoms with Crippen molar-refractivity contribution in [2.75, 3.05) is 5.32 Å². The van der Waals surface area contributed by atoms with Crippen LogP contribution in [-0.2, 0) is 11.8 Å². The number of amides is 1. The molecule has 0 aliphatic rings. The highest BCUT2D eigenvalue weighted by molar-refractivity contribution is 8.00. The van der Waals surface area contributed by atoms with Crippen LogP contribution < -0.4 is 5.32 Å². The van der Waals surface area contributed by atoms with Gasteiger partial charge in [0.25, 0.3) is 0 Å². The lowest BCUT2D eigenvalue weighted by Gasteiger charge is -2.09. The van der Waals surface area contributed by atoms with Crippen molar-refractivity contribution >= 4 is 34.1 Å². The fourth-order valence-corrected chi connectivity index (χ4v) is 4.11. The van der Waals surface area contributed by atoms with Crippen molar-refractivity contribution in [1.82, 2.24) is 19.7 Å². The molecular weight excluding hydrogens is 432 g/mol. The zero-order valence-corrected chi connectivity index (χ0v) is 17.4. The summed E-state index contributed by atoms with van der Waals surface area (Å²) >= 11 is 2.44. The number of carbonyl (C=O) groups excluding carboxylic acids is 1. The first kappa shape index (κ1) is 20.2. The molecule has 1 atom stereocenters. The standard InChI is InChI=1S/C19H15F2N5O2S2/c1-10(30-19-25-24-16(26(19)2)15-4-3-7-28-15)17(27)23-18-22-14(9-29-18)11-5-6-12(20)13(21)8-11/h3-10H,1-2H3,(H,22,23,27). The van der Waals surface area contributed by atoms with E-state index in [0.29, 0.717) is 33.1 Å². The van der Waals surface area contributed by atoms with E-state index in [4.69, 9.17) is 4.42 Å². The molecule has 0 radical (unpaired) electrons. The van der Waals surface area contributed by atoms with Gasteiger partial charge in [0.1, 0.15) is 0 Å². The van der Waals surface area contributed by atoms with Gasteiger partial charge in [0.15, 0.2) is 33.5 Å². The van der Waals surface area contributed by atoms with E-state index in [-0.39, 0.29) is 5.91 Å². The second kappa shape index (κ2) is 8.36. The van der Waals surface area contributed by atoms with Crippen LogP contribution in [0.5, 0.6) is 0 Å². The van der Waals surface area contributed by atoms with Crippen molar-refractivity contribution in [3.63, 3.8) is 0 Å². The smallest absolute Gasteiger partial charge is 0.239 e. The van der Waals surface area contributed by atoms with Crippen LogP contribution in [-0.4, -0.2) is 30.9 Å². The van der Waals surface area contributed by atoms with Gasteiger partial charge in [-0.25, -0.2) is 13.8 Å². The largest absolute Gasteiger partial charge is 0.461 e. The molecule has 1 amide bonds. The van der Waals surface area contributed by atoms with Crippen molar-refractivity contribution in [3.05, 3.63) is 53.6 Å². The van der Waals surface area contributed by atoms with Gasteiger partial charge >= 0.3 is 0 Å². The van der Waals surface area contributed by atoms with Crippen molar-refractivity contribution in [2.45, 2.75) is 17.3 Å². The minimum absolute atomic E-state index is 0.270. The van der Waals surface area contributed by atoms with E-state index in [9.17, 15) is 13.6 Å². The molecule has 0 fully saturated rings. The lowest BCUT2D eigenvalue weighted by atomic mass is 10.2. The summed E-state index contributed by atoms with van der Waals surface area (Å²) in [5.74, 6) is -0.998. The Balaban J connectivity index is 1.42. The molecule has 3 heterocycles. The zero-order valence-electron chi connectivity index (χ0n) is 15.8. The maximum absolute atomic E-state index is 13.4.